The fourth-order valence-electron chi connectivity index (χ4n) is 3.20. The van der Waals surface area contributed by atoms with Crippen molar-refractivity contribution >= 4 is 5.91 Å². The molecule has 7 heteroatoms. The zero-order chi connectivity index (χ0) is 18.7. The highest BCUT2D eigenvalue weighted by atomic mass is 19.4. The first kappa shape index (κ1) is 19.6. The van der Waals surface area contributed by atoms with Gasteiger partial charge in [-0.15, -0.1) is 0 Å². The highest BCUT2D eigenvalue weighted by Gasteiger charge is 2.51. The lowest BCUT2D eigenvalue weighted by Crippen LogP contribution is -2.56. The molecule has 0 saturated carbocycles. The van der Waals surface area contributed by atoms with Gasteiger partial charge >= 0.3 is 6.18 Å². The van der Waals surface area contributed by atoms with E-state index in [1.807, 2.05) is 31.2 Å². The smallest absolute Gasteiger partial charge is 0.405 e. The topological polar surface area (TPSA) is 41.6 Å². The number of ether oxygens (including phenoxy) is 1. The summed E-state index contributed by atoms with van der Waals surface area (Å²) >= 11 is 0. The number of hydrogen-bond donors (Lipinski definition) is 1. The van der Waals surface area contributed by atoms with Gasteiger partial charge in [0.15, 0.2) is 0 Å². The third kappa shape index (κ3) is 5.11. The molecule has 1 amide bonds. The molecule has 0 spiro atoms. The number of amides is 1. The molecule has 0 aromatic heterocycles. The maximum Gasteiger partial charge on any atom is 0.405 e. The van der Waals surface area contributed by atoms with E-state index in [0.717, 1.165) is 16.3 Å². The van der Waals surface area contributed by atoms with E-state index in [2.05, 4.69) is 5.43 Å². The lowest BCUT2D eigenvalue weighted by Gasteiger charge is -2.37. The Morgan fingerprint density at radius 1 is 1.36 bits per heavy atom. The van der Waals surface area contributed by atoms with Gasteiger partial charge in [0.2, 0.25) is 5.91 Å². The van der Waals surface area contributed by atoms with Crippen LogP contribution in [0.2, 0.25) is 0 Å². The van der Waals surface area contributed by atoms with Crippen LogP contribution in [0.3, 0.4) is 0 Å². The summed E-state index contributed by atoms with van der Waals surface area (Å²) in [5.41, 5.74) is 2.47. The zero-order valence-corrected chi connectivity index (χ0v) is 14.8. The zero-order valence-electron chi connectivity index (χ0n) is 14.8. The first-order chi connectivity index (χ1) is 11.6. The second kappa shape index (κ2) is 7.64. The van der Waals surface area contributed by atoms with Gasteiger partial charge < -0.3 is 4.74 Å². The molecule has 1 heterocycles. The molecule has 0 bridgehead atoms. The van der Waals surface area contributed by atoms with E-state index in [9.17, 15) is 18.0 Å². The van der Waals surface area contributed by atoms with Crippen molar-refractivity contribution in [3.63, 3.8) is 0 Å². The number of carbonyl (C=O) groups is 1. The number of hydrazine groups is 1. The minimum Gasteiger partial charge on any atom is -0.494 e. The van der Waals surface area contributed by atoms with Crippen LogP contribution in [0.1, 0.15) is 45.6 Å². The molecule has 1 aliphatic rings. The number of benzene rings is 1. The molecule has 25 heavy (non-hydrogen) atoms. The average molecular weight is 358 g/mol. The number of nitrogens with one attached hydrogen (secondary N) is 1. The molecule has 0 radical (unpaired) electrons. The second-order valence-electron chi connectivity index (χ2n) is 6.92. The fraction of sp³-hybridized carbons (Fsp3) is 0.611. The molecule has 1 aliphatic heterocycles. The van der Waals surface area contributed by atoms with Crippen molar-refractivity contribution in [3.05, 3.63) is 29.8 Å². The second-order valence-corrected chi connectivity index (χ2v) is 6.92. The number of rotatable bonds is 7. The van der Waals surface area contributed by atoms with Gasteiger partial charge in [-0.1, -0.05) is 12.1 Å². The normalized spacial score (nSPS) is 18.9. The van der Waals surface area contributed by atoms with Crippen LogP contribution in [0.25, 0.3) is 0 Å². The molecule has 0 aliphatic carbocycles. The van der Waals surface area contributed by atoms with E-state index in [0.29, 0.717) is 19.4 Å². The minimum absolute atomic E-state index is 0.0655. The van der Waals surface area contributed by atoms with Gasteiger partial charge in [0.25, 0.3) is 0 Å². The summed E-state index contributed by atoms with van der Waals surface area (Å²) in [6.45, 7) is 5.72. The number of aryl methyl sites for hydroxylation is 1. The molecular formula is C18H25F3N2O2. The Hall–Kier alpha value is -1.76. The van der Waals surface area contributed by atoms with Crippen molar-refractivity contribution in [1.82, 2.24) is 10.4 Å². The molecule has 1 saturated heterocycles. The minimum atomic E-state index is -4.40. The number of alkyl halides is 3. The molecule has 1 atom stereocenters. The van der Waals surface area contributed by atoms with E-state index in [1.165, 1.54) is 0 Å². The maximum atomic E-state index is 13.5. The van der Waals surface area contributed by atoms with Gasteiger partial charge in [0.05, 0.1) is 6.61 Å². The molecule has 1 aromatic rings. The fourth-order valence-corrected chi connectivity index (χ4v) is 3.20. The third-order valence-corrected chi connectivity index (χ3v) is 4.33. The SMILES string of the molecule is CCOc1cccc(CCC[C@H](N2NC(=O)CC2(C)C)C(F)(F)F)c1. The van der Waals surface area contributed by atoms with Crippen molar-refractivity contribution in [2.24, 2.45) is 0 Å². The summed E-state index contributed by atoms with van der Waals surface area (Å²) < 4.78 is 46.0. The monoisotopic (exact) mass is 358 g/mol. The Morgan fingerprint density at radius 3 is 2.64 bits per heavy atom. The first-order valence-electron chi connectivity index (χ1n) is 8.51. The Kier molecular flexibility index (Phi) is 5.98. The molecular weight excluding hydrogens is 333 g/mol. The van der Waals surface area contributed by atoms with Crippen LogP contribution in [-0.4, -0.2) is 35.3 Å². The number of halogens is 3. The number of nitrogens with zero attached hydrogens (tertiary/aromatic N) is 1. The van der Waals surface area contributed by atoms with Gasteiger partial charge in [-0.3, -0.25) is 10.2 Å². The van der Waals surface area contributed by atoms with Gasteiger partial charge in [0.1, 0.15) is 11.8 Å². The van der Waals surface area contributed by atoms with Crippen LogP contribution < -0.4 is 10.2 Å². The molecule has 1 N–H and O–H groups in total. The van der Waals surface area contributed by atoms with Crippen LogP contribution >= 0.6 is 0 Å². The summed E-state index contributed by atoms with van der Waals surface area (Å²) in [4.78, 5) is 11.6. The Bertz CT molecular complexity index is 602. The third-order valence-electron chi connectivity index (χ3n) is 4.33. The van der Waals surface area contributed by atoms with Gasteiger partial charge in [0, 0.05) is 12.0 Å². The molecule has 0 unspecified atom stereocenters. The van der Waals surface area contributed by atoms with Crippen LogP contribution in [0.4, 0.5) is 13.2 Å². The van der Waals surface area contributed by atoms with Crippen molar-refractivity contribution in [2.45, 2.75) is 64.2 Å². The lowest BCUT2D eigenvalue weighted by atomic mass is 9.97. The maximum absolute atomic E-state index is 13.5. The largest absolute Gasteiger partial charge is 0.494 e. The number of carbonyl (C=O) groups excluding carboxylic acids is 1. The first-order valence-corrected chi connectivity index (χ1v) is 8.51. The Labute approximate surface area is 146 Å². The van der Waals surface area contributed by atoms with Gasteiger partial charge in [-0.2, -0.15) is 13.2 Å². The Morgan fingerprint density at radius 2 is 2.08 bits per heavy atom. The quantitative estimate of drug-likeness (QED) is 0.805. The molecule has 1 fully saturated rings. The summed E-state index contributed by atoms with van der Waals surface area (Å²) in [6.07, 6.45) is -3.53. The molecule has 1 aromatic carbocycles. The summed E-state index contributed by atoms with van der Waals surface area (Å²) in [5.74, 6) is 0.351. The van der Waals surface area contributed by atoms with Gasteiger partial charge in [-0.05, 0) is 57.7 Å². The molecule has 140 valence electrons. The van der Waals surface area contributed by atoms with Crippen molar-refractivity contribution in [2.75, 3.05) is 6.61 Å². The average Bonchev–Trinajstić information content (AvgIpc) is 2.75. The van der Waals surface area contributed by atoms with Crippen LogP contribution in [0.15, 0.2) is 24.3 Å². The molecule has 2 rings (SSSR count). The summed E-state index contributed by atoms with van der Waals surface area (Å²) in [6, 6.07) is 5.71. The van der Waals surface area contributed by atoms with E-state index >= 15 is 0 Å². The van der Waals surface area contributed by atoms with Crippen molar-refractivity contribution < 1.29 is 22.7 Å². The van der Waals surface area contributed by atoms with Crippen LogP contribution in [0.5, 0.6) is 5.75 Å². The predicted octanol–water partition coefficient (Wildman–Crippen LogP) is 3.85. The predicted molar refractivity (Wildman–Crippen MR) is 89.1 cm³/mol. The highest BCUT2D eigenvalue weighted by Crippen LogP contribution is 2.35. The number of hydrogen-bond acceptors (Lipinski definition) is 3. The van der Waals surface area contributed by atoms with Crippen LogP contribution in [-0.2, 0) is 11.2 Å². The van der Waals surface area contributed by atoms with Crippen LogP contribution in [0, 0.1) is 0 Å². The summed E-state index contributed by atoms with van der Waals surface area (Å²) in [5, 5.41) is 1.08. The van der Waals surface area contributed by atoms with E-state index in [1.54, 1.807) is 13.8 Å². The van der Waals surface area contributed by atoms with E-state index in [-0.39, 0.29) is 18.7 Å². The standard InChI is InChI=1S/C18H25F3N2O2/c1-4-25-14-9-5-7-13(11-14)8-6-10-15(18(19,20)21)23-17(2,3)12-16(24)22-23/h5,7,9,11,15H,4,6,8,10,12H2,1-3H3,(H,22,24)/t15-/m0/s1. The molecule has 4 nitrogen and oxygen atoms in total. The van der Waals surface area contributed by atoms with E-state index in [4.69, 9.17) is 4.74 Å². The summed E-state index contributed by atoms with van der Waals surface area (Å²) in [7, 11) is 0. The van der Waals surface area contributed by atoms with Gasteiger partial charge in [-0.25, -0.2) is 5.01 Å². The highest BCUT2D eigenvalue weighted by molar-refractivity contribution is 5.78. The lowest BCUT2D eigenvalue weighted by molar-refractivity contribution is -0.202. The van der Waals surface area contributed by atoms with Crippen molar-refractivity contribution in [3.8, 4) is 5.75 Å². The van der Waals surface area contributed by atoms with Crippen molar-refractivity contribution in [1.29, 1.82) is 0 Å². The Balaban J connectivity index is 2.02. The van der Waals surface area contributed by atoms with E-state index < -0.39 is 17.8 Å².